The van der Waals surface area contributed by atoms with E-state index < -0.39 is 0 Å². The van der Waals surface area contributed by atoms with Crippen molar-refractivity contribution in [3.05, 3.63) is 231 Å². The highest BCUT2D eigenvalue weighted by molar-refractivity contribution is 6.28. The summed E-state index contributed by atoms with van der Waals surface area (Å²) in [6, 6.07) is 79.3. The first-order chi connectivity index (χ1) is 33.7. The van der Waals surface area contributed by atoms with E-state index >= 15 is 0 Å². The number of fused-ring (bicyclic) bond motifs is 7. The van der Waals surface area contributed by atoms with Gasteiger partial charge in [0, 0.05) is 55.0 Å². The second-order valence-corrected chi connectivity index (χ2v) is 16.7. The zero-order valence-corrected chi connectivity index (χ0v) is 36.5. The van der Waals surface area contributed by atoms with Crippen LogP contribution in [0.15, 0.2) is 231 Å². The molecular weight excluding hydrogens is 833 g/mol. The average Bonchev–Trinajstić information content (AvgIpc) is 3.95. The third-order valence-electron chi connectivity index (χ3n) is 12.7. The van der Waals surface area contributed by atoms with E-state index in [1.54, 1.807) is 0 Å². The van der Waals surface area contributed by atoms with Gasteiger partial charge in [-0.25, -0.2) is 19.9 Å². The van der Waals surface area contributed by atoms with Gasteiger partial charge in [-0.1, -0.05) is 182 Å². The Kier molecular flexibility index (Phi) is 9.31. The van der Waals surface area contributed by atoms with Crippen LogP contribution in [-0.2, 0) is 0 Å². The van der Waals surface area contributed by atoms with Crippen LogP contribution in [0.4, 0.5) is 0 Å². The van der Waals surface area contributed by atoms with Crippen LogP contribution in [0, 0.1) is 0 Å². The van der Waals surface area contributed by atoms with Gasteiger partial charge in [0.25, 0.3) is 0 Å². The van der Waals surface area contributed by atoms with Crippen molar-refractivity contribution in [3.8, 4) is 79.7 Å². The molecule has 0 radical (unpaired) electrons. The third-order valence-corrected chi connectivity index (χ3v) is 12.7. The molecule has 0 aliphatic rings. The van der Waals surface area contributed by atoms with Gasteiger partial charge in [0.1, 0.15) is 0 Å². The highest BCUT2D eigenvalue weighted by Crippen LogP contribution is 2.42. The van der Waals surface area contributed by atoms with E-state index in [-0.39, 0.29) is 0 Å². The van der Waals surface area contributed by atoms with Crippen LogP contribution >= 0.6 is 0 Å². The Balaban J connectivity index is 0.956. The molecule has 13 rings (SSSR count). The summed E-state index contributed by atoms with van der Waals surface area (Å²) in [5.41, 5.74) is 12.1. The van der Waals surface area contributed by atoms with Crippen LogP contribution in [0.1, 0.15) is 0 Å². The molecule has 0 aliphatic carbocycles. The fraction of sp³-hybridized carbons (Fsp3) is 0. The molecule has 0 bridgehead atoms. The first-order valence-corrected chi connectivity index (χ1v) is 22.6. The molecule has 0 fully saturated rings. The standard InChI is InChI=1S/C60H38N8/c1-5-17-39(18-6-1)40-29-31-44(32-30-40)56-61-55(41-19-7-2-8-20-41)62-57(63-56)45-33-35-46(36-34-45)67-49-27-15-13-25-47(49)53-51(67)37-38-52-54(53)48-26-14-16-28-50(48)68(52)60-65-58(42-21-9-3-10-22-42)64-59(66-60)43-23-11-4-12-24-43/h1-38H. The number of rotatable bonds is 8. The summed E-state index contributed by atoms with van der Waals surface area (Å²) in [7, 11) is 0. The Morgan fingerprint density at radius 2 is 0.529 bits per heavy atom. The van der Waals surface area contributed by atoms with Crippen LogP contribution in [-0.4, -0.2) is 39.0 Å². The van der Waals surface area contributed by atoms with Gasteiger partial charge in [-0.2, -0.15) is 9.97 Å². The van der Waals surface area contributed by atoms with E-state index in [1.807, 2.05) is 97.1 Å². The number of para-hydroxylation sites is 2. The minimum atomic E-state index is 0.559. The van der Waals surface area contributed by atoms with Gasteiger partial charge in [0.05, 0.1) is 22.1 Å². The molecule has 13 aromatic rings. The monoisotopic (exact) mass is 870 g/mol. The maximum Gasteiger partial charge on any atom is 0.238 e. The minimum absolute atomic E-state index is 0.559. The van der Waals surface area contributed by atoms with Crippen LogP contribution < -0.4 is 0 Å². The number of nitrogens with zero attached hydrogens (tertiary/aromatic N) is 8. The van der Waals surface area contributed by atoms with Gasteiger partial charge >= 0.3 is 0 Å². The average molecular weight is 871 g/mol. The maximum absolute atomic E-state index is 5.18. The zero-order chi connectivity index (χ0) is 45.0. The smallest absolute Gasteiger partial charge is 0.238 e. The van der Waals surface area contributed by atoms with E-state index in [0.29, 0.717) is 35.1 Å². The Morgan fingerprint density at radius 1 is 0.221 bits per heavy atom. The maximum atomic E-state index is 5.18. The van der Waals surface area contributed by atoms with E-state index in [1.165, 1.54) is 0 Å². The fourth-order valence-electron chi connectivity index (χ4n) is 9.46. The molecule has 0 atom stereocenters. The van der Waals surface area contributed by atoms with Crippen molar-refractivity contribution in [3.63, 3.8) is 0 Å². The predicted octanol–water partition coefficient (Wildman–Crippen LogP) is 14.3. The molecule has 8 heteroatoms. The van der Waals surface area contributed by atoms with Crippen LogP contribution in [0.25, 0.3) is 123 Å². The topological polar surface area (TPSA) is 87.2 Å². The SMILES string of the molecule is c1ccc(-c2ccc(-c3nc(-c4ccccc4)nc(-c4ccc(-n5c6ccccc6c6c7c8ccccc8n(-c8nc(-c9ccccc9)nc(-c9ccccc9)n8)c7ccc65)cc4)n3)cc2)cc1. The Bertz CT molecular complexity index is 3920. The minimum Gasteiger partial charge on any atom is -0.309 e. The summed E-state index contributed by atoms with van der Waals surface area (Å²) in [6.07, 6.45) is 0. The van der Waals surface area contributed by atoms with Crippen molar-refractivity contribution in [2.45, 2.75) is 0 Å². The fourth-order valence-corrected chi connectivity index (χ4v) is 9.46. The molecule has 0 unspecified atom stereocenters. The first-order valence-electron chi connectivity index (χ1n) is 22.6. The first kappa shape index (κ1) is 39.0. The normalized spacial score (nSPS) is 11.5. The lowest BCUT2D eigenvalue weighted by molar-refractivity contribution is 0.953. The Hall–Kier alpha value is -9.40. The van der Waals surface area contributed by atoms with Gasteiger partial charge in [-0.05, 0) is 59.7 Å². The molecular formula is C60H38N8. The number of aromatic nitrogens is 8. The Morgan fingerprint density at radius 3 is 0.985 bits per heavy atom. The molecule has 318 valence electrons. The lowest BCUT2D eigenvalue weighted by Gasteiger charge is -2.12. The van der Waals surface area contributed by atoms with Gasteiger partial charge in [0.15, 0.2) is 29.1 Å². The highest BCUT2D eigenvalue weighted by atomic mass is 15.2. The van der Waals surface area contributed by atoms with Gasteiger partial charge < -0.3 is 4.57 Å². The van der Waals surface area contributed by atoms with Gasteiger partial charge in [-0.15, -0.1) is 0 Å². The molecule has 0 spiro atoms. The van der Waals surface area contributed by atoms with E-state index in [4.69, 9.17) is 29.9 Å². The zero-order valence-electron chi connectivity index (χ0n) is 36.5. The number of hydrogen-bond donors (Lipinski definition) is 0. The second kappa shape index (κ2) is 16.2. The van der Waals surface area contributed by atoms with Crippen LogP contribution in [0.3, 0.4) is 0 Å². The molecule has 4 heterocycles. The summed E-state index contributed by atoms with van der Waals surface area (Å²) < 4.78 is 4.54. The van der Waals surface area contributed by atoms with Crippen molar-refractivity contribution < 1.29 is 0 Å². The van der Waals surface area contributed by atoms with Crippen molar-refractivity contribution in [2.75, 3.05) is 0 Å². The quantitative estimate of drug-likeness (QED) is 0.151. The molecule has 0 aliphatic heterocycles. The summed E-state index contributed by atoms with van der Waals surface area (Å²) in [5, 5.41) is 4.56. The predicted molar refractivity (Wildman–Crippen MR) is 275 cm³/mol. The van der Waals surface area contributed by atoms with Crippen molar-refractivity contribution in [1.29, 1.82) is 0 Å². The molecule has 0 saturated heterocycles. The van der Waals surface area contributed by atoms with Crippen molar-refractivity contribution in [1.82, 2.24) is 39.0 Å². The Labute approximate surface area is 391 Å². The van der Waals surface area contributed by atoms with Gasteiger partial charge in [-0.3, -0.25) is 4.57 Å². The summed E-state index contributed by atoms with van der Waals surface area (Å²) in [4.78, 5) is 30.5. The summed E-state index contributed by atoms with van der Waals surface area (Å²) >= 11 is 0. The van der Waals surface area contributed by atoms with Crippen LogP contribution in [0.5, 0.6) is 0 Å². The lowest BCUT2D eigenvalue weighted by atomic mass is 10.0. The molecule has 0 saturated carbocycles. The second-order valence-electron chi connectivity index (χ2n) is 16.7. The van der Waals surface area contributed by atoms with E-state index in [0.717, 1.165) is 88.2 Å². The number of benzene rings is 9. The lowest BCUT2D eigenvalue weighted by Crippen LogP contribution is -2.06. The van der Waals surface area contributed by atoms with Gasteiger partial charge in [0.2, 0.25) is 5.95 Å². The molecule has 4 aromatic heterocycles. The van der Waals surface area contributed by atoms with E-state index in [9.17, 15) is 0 Å². The van der Waals surface area contributed by atoms with E-state index in [2.05, 4.69) is 143 Å². The van der Waals surface area contributed by atoms with Crippen molar-refractivity contribution in [2.24, 2.45) is 0 Å². The van der Waals surface area contributed by atoms with Crippen LogP contribution in [0.2, 0.25) is 0 Å². The number of hydrogen-bond acceptors (Lipinski definition) is 6. The highest BCUT2D eigenvalue weighted by Gasteiger charge is 2.23. The van der Waals surface area contributed by atoms with Crippen molar-refractivity contribution >= 4 is 43.6 Å². The summed E-state index contributed by atoms with van der Waals surface area (Å²) in [5.74, 6) is 3.63. The molecule has 9 aromatic carbocycles. The third kappa shape index (κ3) is 6.70. The largest absolute Gasteiger partial charge is 0.309 e. The molecule has 8 nitrogen and oxygen atoms in total. The molecule has 68 heavy (non-hydrogen) atoms. The summed E-state index contributed by atoms with van der Waals surface area (Å²) in [6.45, 7) is 0. The molecule has 0 N–H and O–H groups in total. The molecule has 0 amide bonds.